The molecule has 9 nitrogen and oxygen atoms in total. The molecule has 1 aromatic carbocycles. The molecule has 176 valence electrons. The Hall–Kier alpha value is -3.30. The zero-order valence-electron chi connectivity index (χ0n) is 19.4. The van der Waals surface area contributed by atoms with Gasteiger partial charge in [-0.1, -0.05) is 12.1 Å². The monoisotopic (exact) mass is 460 g/mol. The number of pyridine rings is 1. The molecule has 0 radical (unpaired) electrons. The van der Waals surface area contributed by atoms with Crippen LogP contribution in [0.15, 0.2) is 36.4 Å². The number of carbonyl (C=O) groups is 1. The third kappa shape index (κ3) is 3.74. The summed E-state index contributed by atoms with van der Waals surface area (Å²) in [6, 6.07) is 12.1. The lowest BCUT2D eigenvalue weighted by Crippen LogP contribution is -2.44. The van der Waals surface area contributed by atoms with Gasteiger partial charge in [0, 0.05) is 31.3 Å². The summed E-state index contributed by atoms with van der Waals surface area (Å²) < 4.78 is 11.5. The summed E-state index contributed by atoms with van der Waals surface area (Å²) >= 11 is 0. The summed E-state index contributed by atoms with van der Waals surface area (Å²) in [5, 5.41) is 3.60. The van der Waals surface area contributed by atoms with E-state index in [0.29, 0.717) is 43.0 Å². The van der Waals surface area contributed by atoms with E-state index in [1.165, 1.54) is 0 Å². The molecule has 3 aromatic rings. The maximum Gasteiger partial charge on any atom is 0.251 e. The average molecular weight is 461 g/mol. The van der Waals surface area contributed by atoms with E-state index >= 15 is 0 Å². The number of aromatic nitrogens is 3. The van der Waals surface area contributed by atoms with Crippen molar-refractivity contribution < 1.29 is 14.3 Å². The SMILES string of the molecule is CNC(=O)c1cccc(-c2ccc3c(N4CCOC[C@@H]4C)nc(N4CCO[C@H]5C[C@H]54)nc3n2)c1. The molecule has 0 spiro atoms. The van der Waals surface area contributed by atoms with Crippen LogP contribution in [0.4, 0.5) is 11.8 Å². The molecule has 9 heteroatoms. The van der Waals surface area contributed by atoms with Crippen LogP contribution in [0, 0.1) is 0 Å². The van der Waals surface area contributed by atoms with Crippen LogP contribution >= 0.6 is 0 Å². The third-order valence-electron chi connectivity index (χ3n) is 6.84. The summed E-state index contributed by atoms with van der Waals surface area (Å²) in [7, 11) is 1.63. The Labute approximate surface area is 198 Å². The van der Waals surface area contributed by atoms with Crippen molar-refractivity contribution in [2.45, 2.75) is 31.5 Å². The Morgan fingerprint density at radius 3 is 2.82 bits per heavy atom. The van der Waals surface area contributed by atoms with Gasteiger partial charge in [-0.05, 0) is 37.6 Å². The van der Waals surface area contributed by atoms with Crippen molar-refractivity contribution in [2.75, 3.05) is 49.8 Å². The second kappa shape index (κ2) is 8.48. The maximum atomic E-state index is 12.1. The van der Waals surface area contributed by atoms with Gasteiger partial charge in [0.2, 0.25) is 5.95 Å². The number of amides is 1. The molecular weight excluding hydrogens is 432 g/mol. The predicted molar refractivity (Wildman–Crippen MR) is 129 cm³/mol. The Balaban J connectivity index is 1.46. The van der Waals surface area contributed by atoms with Crippen LogP contribution in [0.3, 0.4) is 0 Å². The molecule has 2 saturated heterocycles. The smallest absolute Gasteiger partial charge is 0.251 e. The largest absolute Gasteiger partial charge is 0.377 e. The number of fused-ring (bicyclic) bond motifs is 2. The van der Waals surface area contributed by atoms with E-state index in [4.69, 9.17) is 24.4 Å². The number of morpholine rings is 2. The fourth-order valence-electron chi connectivity index (χ4n) is 4.88. The van der Waals surface area contributed by atoms with Crippen molar-refractivity contribution in [3.05, 3.63) is 42.0 Å². The van der Waals surface area contributed by atoms with Gasteiger partial charge >= 0.3 is 0 Å². The molecule has 3 fully saturated rings. The number of hydrogen-bond donors (Lipinski definition) is 1. The van der Waals surface area contributed by atoms with Gasteiger partial charge in [0.25, 0.3) is 5.91 Å². The summed E-state index contributed by atoms with van der Waals surface area (Å²) in [5.74, 6) is 1.49. The van der Waals surface area contributed by atoms with Crippen molar-refractivity contribution in [1.29, 1.82) is 0 Å². The van der Waals surface area contributed by atoms with Crippen molar-refractivity contribution in [1.82, 2.24) is 20.3 Å². The fraction of sp³-hybridized carbons (Fsp3) is 0.440. The summed E-state index contributed by atoms with van der Waals surface area (Å²) in [5.41, 5.74) is 2.90. The zero-order chi connectivity index (χ0) is 23.2. The quantitative estimate of drug-likeness (QED) is 0.634. The Morgan fingerprint density at radius 2 is 1.97 bits per heavy atom. The minimum Gasteiger partial charge on any atom is -0.377 e. The molecule has 4 heterocycles. The van der Waals surface area contributed by atoms with E-state index in [2.05, 4.69) is 22.0 Å². The summed E-state index contributed by atoms with van der Waals surface area (Å²) in [6.45, 7) is 5.73. The lowest BCUT2D eigenvalue weighted by Gasteiger charge is -2.35. The molecule has 1 amide bonds. The number of nitrogens with one attached hydrogen (secondary N) is 1. The number of benzene rings is 1. The maximum absolute atomic E-state index is 12.1. The molecule has 2 aromatic heterocycles. The third-order valence-corrected chi connectivity index (χ3v) is 6.84. The standard InChI is InChI=1S/C25H28N6O3/c1-15-14-33-10-8-30(15)23-18-6-7-19(16-4-3-5-17(12-16)24(32)26-2)27-22(18)28-25(29-23)31-9-11-34-21-13-20(21)31/h3-7,12,15,20-21H,8-11,13-14H2,1-2H3,(H,26,32)/t15-,20+,21-/m0/s1. The number of nitrogens with zero attached hydrogens (tertiary/aromatic N) is 5. The van der Waals surface area contributed by atoms with Crippen LogP contribution < -0.4 is 15.1 Å². The zero-order valence-corrected chi connectivity index (χ0v) is 19.4. The van der Waals surface area contributed by atoms with Gasteiger partial charge in [0.15, 0.2) is 5.65 Å². The topological polar surface area (TPSA) is 92.7 Å². The van der Waals surface area contributed by atoms with E-state index in [9.17, 15) is 4.79 Å². The molecule has 0 unspecified atom stereocenters. The fourth-order valence-corrected chi connectivity index (χ4v) is 4.88. The highest BCUT2D eigenvalue weighted by Gasteiger charge is 2.47. The van der Waals surface area contributed by atoms with Gasteiger partial charge in [-0.15, -0.1) is 0 Å². The Bertz CT molecular complexity index is 1250. The number of anilines is 2. The number of carbonyl (C=O) groups excluding carboxylic acids is 1. The molecule has 0 bridgehead atoms. The number of ether oxygens (including phenoxy) is 2. The molecule has 3 atom stereocenters. The first-order valence-electron chi connectivity index (χ1n) is 11.9. The molecule has 6 rings (SSSR count). The van der Waals surface area contributed by atoms with Crippen molar-refractivity contribution in [3.63, 3.8) is 0 Å². The second-order valence-electron chi connectivity index (χ2n) is 9.10. The van der Waals surface area contributed by atoms with Gasteiger partial charge in [0.1, 0.15) is 5.82 Å². The lowest BCUT2D eigenvalue weighted by molar-refractivity contribution is 0.0962. The van der Waals surface area contributed by atoms with Crippen molar-refractivity contribution in [2.24, 2.45) is 0 Å². The van der Waals surface area contributed by atoms with Gasteiger partial charge < -0.3 is 24.6 Å². The Morgan fingerprint density at radius 1 is 1.09 bits per heavy atom. The molecule has 1 N–H and O–H groups in total. The van der Waals surface area contributed by atoms with E-state index in [-0.39, 0.29) is 18.1 Å². The van der Waals surface area contributed by atoms with E-state index in [1.807, 2.05) is 30.3 Å². The van der Waals surface area contributed by atoms with Gasteiger partial charge in [-0.25, -0.2) is 4.98 Å². The first-order chi connectivity index (χ1) is 16.6. The highest BCUT2D eigenvalue weighted by Crippen LogP contribution is 2.38. The first kappa shape index (κ1) is 21.2. The summed E-state index contributed by atoms with van der Waals surface area (Å²) in [6.07, 6.45) is 1.30. The van der Waals surface area contributed by atoms with Gasteiger partial charge in [-0.2, -0.15) is 9.97 Å². The molecular formula is C25H28N6O3. The van der Waals surface area contributed by atoms with Crippen LogP contribution in [0.2, 0.25) is 0 Å². The lowest BCUT2D eigenvalue weighted by atomic mass is 10.1. The van der Waals surface area contributed by atoms with Crippen LogP contribution in [-0.2, 0) is 9.47 Å². The number of rotatable bonds is 4. The van der Waals surface area contributed by atoms with Crippen molar-refractivity contribution in [3.8, 4) is 11.3 Å². The van der Waals surface area contributed by atoms with Crippen molar-refractivity contribution >= 4 is 28.7 Å². The molecule has 1 saturated carbocycles. The van der Waals surface area contributed by atoms with E-state index in [0.717, 1.165) is 42.0 Å². The van der Waals surface area contributed by atoms with E-state index < -0.39 is 0 Å². The van der Waals surface area contributed by atoms with Crippen LogP contribution in [-0.4, -0.2) is 79.0 Å². The highest BCUT2D eigenvalue weighted by molar-refractivity contribution is 5.95. The average Bonchev–Trinajstić information content (AvgIpc) is 3.68. The number of hydrogen-bond acceptors (Lipinski definition) is 8. The predicted octanol–water partition coefficient (Wildman–Crippen LogP) is 2.25. The van der Waals surface area contributed by atoms with Crippen LogP contribution in [0.1, 0.15) is 23.7 Å². The molecule has 1 aliphatic carbocycles. The van der Waals surface area contributed by atoms with Crippen LogP contribution in [0.25, 0.3) is 22.3 Å². The second-order valence-corrected chi connectivity index (χ2v) is 9.10. The minimum atomic E-state index is -0.123. The minimum absolute atomic E-state index is 0.123. The van der Waals surface area contributed by atoms with E-state index in [1.54, 1.807) is 13.1 Å². The van der Waals surface area contributed by atoms with Crippen LogP contribution in [0.5, 0.6) is 0 Å². The Kier molecular flexibility index (Phi) is 5.30. The normalized spacial score (nSPS) is 24.1. The highest BCUT2D eigenvalue weighted by atomic mass is 16.5. The first-order valence-corrected chi connectivity index (χ1v) is 11.9. The van der Waals surface area contributed by atoms with Gasteiger partial charge in [-0.3, -0.25) is 4.79 Å². The molecule has 2 aliphatic heterocycles. The molecule has 34 heavy (non-hydrogen) atoms. The van der Waals surface area contributed by atoms with Gasteiger partial charge in [0.05, 0.1) is 49.1 Å². The summed E-state index contributed by atoms with van der Waals surface area (Å²) in [4.78, 5) is 31.6. The molecule has 3 aliphatic rings.